The number of nitrogens with one attached hydrogen (secondary N) is 1. The Labute approximate surface area is 205 Å². The molecule has 0 radical (unpaired) electrons. The van der Waals surface area contributed by atoms with Crippen LogP contribution < -0.4 is 10.1 Å². The Morgan fingerprint density at radius 1 is 1.06 bits per heavy atom. The average molecular weight is 478 g/mol. The fourth-order valence-electron chi connectivity index (χ4n) is 4.43. The predicted molar refractivity (Wildman–Crippen MR) is 136 cm³/mol. The van der Waals surface area contributed by atoms with Crippen LogP contribution in [-0.4, -0.2) is 34.8 Å². The van der Waals surface area contributed by atoms with Crippen LogP contribution in [0.15, 0.2) is 47.8 Å². The van der Waals surface area contributed by atoms with Gasteiger partial charge in [0.2, 0.25) is 0 Å². The standard InChI is InChI=1S/C27H31N3O3S/c1-17-11-18(2)14-30(13-17)27(32)22-6-5-19(3)25(12-22)29-26(31)21-7-9-24(10-8-21)33-15-23-16-34-20(4)28-23/h5-10,12,16-18H,11,13-15H2,1-4H3,(H,29,31). The zero-order chi connectivity index (χ0) is 24.2. The highest BCUT2D eigenvalue weighted by Crippen LogP contribution is 2.25. The molecule has 1 aromatic heterocycles. The van der Waals surface area contributed by atoms with Crippen LogP contribution >= 0.6 is 11.3 Å². The molecule has 0 spiro atoms. The monoisotopic (exact) mass is 477 g/mol. The van der Waals surface area contributed by atoms with Gasteiger partial charge in [-0.05, 0) is 74.1 Å². The maximum Gasteiger partial charge on any atom is 0.255 e. The van der Waals surface area contributed by atoms with E-state index in [4.69, 9.17) is 4.74 Å². The molecule has 0 bridgehead atoms. The molecule has 3 aromatic rings. The van der Waals surface area contributed by atoms with Crippen molar-refractivity contribution in [3.63, 3.8) is 0 Å². The van der Waals surface area contributed by atoms with E-state index in [1.54, 1.807) is 41.7 Å². The lowest BCUT2D eigenvalue weighted by molar-refractivity contribution is 0.0623. The number of aryl methyl sites for hydroxylation is 2. The fourth-order valence-corrected chi connectivity index (χ4v) is 5.03. The van der Waals surface area contributed by atoms with Gasteiger partial charge >= 0.3 is 0 Å². The second-order valence-electron chi connectivity index (χ2n) is 9.31. The van der Waals surface area contributed by atoms with Gasteiger partial charge in [-0.1, -0.05) is 19.9 Å². The number of benzene rings is 2. The summed E-state index contributed by atoms with van der Waals surface area (Å²) in [6.45, 7) is 10.2. The van der Waals surface area contributed by atoms with Crippen molar-refractivity contribution in [3.8, 4) is 5.75 Å². The summed E-state index contributed by atoms with van der Waals surface area (Å²) in [6, 6.07) is 12.5. The molecule has 0 aliphatic carbocycles. The van der Waals surface area contributed by atoms with Gasteiger partial charge in [-0.2, -0.15) is 0 Å². The summed E-state index contributed by atoms with van der Waals surface area (Å²) < 4.78 is 5.76. The van der Waals surface area contributed by atoms with E-state index < -0.39 is 0 Å². The van der Waals surface area contributed by atoms with Crippen LogP contribution in [0.2, 0.25) is 0 Å². The Kier molecular flexibility index (Phi) is 7.32. The topological polar surface area (TPSA) is 71.5 Å². The lowest BCUT2D eigenvalue weighted by Gasteiger charge is -2.35. The Morgan fingerprint density at radius 3 is 2.38 bits per heavy atom. The predicted octanol–water partition coefficient (Wildman–Crippen LogP) is 5.71. The van der Waals surface area contributed by atoms with Crippen LogP contribution in [-0.2, 0) is 6.61 Å². The first-order chi connectivity index (χ1) is 16.3. The van der Waals surface area contributed by atoms with Crippen molar-refractivity contribution in [2.45, 2.75) is 40.7 Å². The van der Waals surface area contributed by atoms with Crippen molar-refractivity contribution in [3.05, 3.63) is 75.2 Å². The quantitative estimate of drug-likeness (QED) is 0.494. The van der Waals surface area contributed by atoms with Gasteiger partial charge in [0.25, 0.3) is 11.8 Å². The molecule has 0 saturated carbocycles. The molecule has 2 atom stereocenters. The molecule has 1 saturated heterocycles. The highest BCUT2D eigenvalue weighted by molar-refractivity contribution is 7.09. The van der Waals surface area contributed by atoms with Crippen LogP contribution in [0.3, 0.4) is 0 Å². The molecule has 2 heterocycles. The van der Waals surface area contributed by atoms with Crippen molar-refractivity contribution in [1.82, 2.24) is 9.88 Å². The molecule has 1 fully saturated rings. The third-order valence-corrected chi connectivity index (χ3v) is 6.88. The molecular weight excluding hydrogens is 446 g/mol. The number of ether oxygens (including phenoxy) is 1. The van der Waals surface area contributed by atoms with E-state index >= 15 is 0 Å². The number of carbonyl (C=O) groups excluding carboxylic acids is 2. The average Bonchev–Trinajstić information content (AvgIpc) is 3.23. The van der Waals surface area contributed by atoms with E-state index in [9.17, 15) is 9.59 Å². The molecule has 1 N–H and O–H groups in total. The Morgan fingerprint density at radius 2 is 1.74 bits per heavy atom. The van der Waals surface area contributed by atoms with E-state index in [0.717, 1.165) is 35.8 Å². The largest absolute Gasteiger partial charge is 0.487 e. The minimum atomic E-state index is -0.227. The van der Waals surface area contributed by atoms with Gasteiger partial charge in [0.1, 0.15) is 12.4 Å². The summed E-state index contributed by atoms with van der Waals surface area (Å²) in [6.07, 6.45) is 1.15. The van der Waals surface area contributed by atoms with Gasteiger partial charge in [0.15, 0.2) is 0 Å². The van der Waals surface area contributed by atoms with Gasteiger partial charge in [-0.3, -0.25) is 9.59 Å². The van der Waals surface area contributed by atoms with E-state index in [1.165, 1.54) is 0 Å². The highest BCUT2D eigenvalue weighted by Gasteiger charge is 2.26. The number of anilines is 1. The minimum Gasteiger partial charge on any atom is -0.487 e. The number of piperidine rings is 1. The second kappa shape index (κ2) is 10.4. The Balaban J connectivity index is 1.40. The van der Waals surface area contributed by atoms with Gasteiger partial charge < -0.3 is 15.0 Å². The number of thiazole rings is 1. The number of carbonyl (C=O) groups is 2. The summed E-state index contributed by atoms with van der Waals surface area (Å²) >= 11 is 1.59. The van der Waals surface area contributed by atoms with Crippen molar-refractivity contribution in [2.24, 2.45) is 11.8 Å². The lowest BCUT2D eigenvalue weighted by atomic mass is 9.91. The van der Waals surface area contributed by atoms with Gasteiger partial charge in [-0.15, -0.1) is 11.3 Å². The molecule has 2 amide bonds. The van der Waals surface area contributed by atoms with Gasteiger partial charge in [0, 0.05) is 35.3 Å². The smallest absolute Gasteiger partial charge is 0.255 e. The summed E-state index contributed by atoms with van der Waals surface area (Å²) in [4.78, 5) is 32.3. The van der Waals surface area contributed by atoms with Crippen LogP contribution in [0.5, 0.6) is 5.75 Å². The van der Waals surface area contributed by atoms with Crippen molar-refractivity contribution in [1.29, 1.82) is 0 Å². The third-order valence-electron chi connectivity index (χ3n) is 6.06. The molecule has 178 valence electrons. The maximum absolute atomic E-state index is 13.1. The summed E-state index contributed by atoms with van der Waals surface area (Å²) in [5.41, 5.74) is 3.56. The molecule has 4 rings (SSSR count). The first kappa shape index (κ1) is 24.0. The number of hydrogen-bond donors (Lipinski definition) is 1. The SMILES string of the molecule is Cc1nc(COc2ccc(C(=O)Nc3cc(C(=O)N4CC(C)CC(C)C4)ccc3C)cc2)cs1. The molecule has 6 nitrogen and oxygen atoms in total. The molecule has 7 heteroatoms. The molecule has 34 heavy (non-hydrogen) atoms. The Bertz CT molecular complexity index is 1160. The van der Waals surface area contributed by atoms with Crippen LogP contribution in [0.25, 0.3) is 0 Å². The van der Waals surface area contributed by atoms with E-state index in [-0.39, 0.29) is 11.8 Å². The zero-order valence-corrected chi connectivity index (χ0v) is 20.9. The van der Waals surface area contributed by atoms with Crippen molar-refractivity contribution < 1.29 is 14.3 Å². The zero-order valence-electron chi connectivity index (χ0n) is 20.1. The number of likely N-dealkylation sites (tertiary alicyclic amines) is 1. The van der Waals surface area contributed by atoms with Crippen LogP contribution in [0, 0.1) is 25.7 Å². The molecule has 2 aromatic carbocycles. The number of rotatable bonds is 6. The second-order valence-corrected chi connectivity index (χ2v) is 10.4. The highest BCUT2D eigenvalue weighted by atomic mass is 32.1. The van der Waals surface area contributed by atoms with Gasteiger partial charge in [-0.25, -0.2) is 4.98 Å². The number of aromatic nitrogens is 1. The van der Waals surface area contributed by atoms with Crippen molar-refractivity contribution >= 4 is 28.8 Å². The summed E-state index contributed by atoms with van der Waals surface area (Å²) in [5, 5.41) is 5.95. The fraction of sp³-hybridized carbons (Fsp3) is 0.370. The third kappa shape index (κ3) is 5.83. The molecule has 1 aliphatic rings. The number of amides is 2. The van der Waals surface area contributed by atoms with Crippen LogP contribution in [0.1, 0.15) is 57.2 Å². The lowest BCUT2D eigenvalue weighted by Crippen LogP contribution is -2.42. The van der Waals surface area contributed by atoms with E-state index in [0.29, 0.717) is 41.0 Å². The molecule has 2 unspecified atom stereocenters. The first-order valence-electron chi connectivity index (χ1n) is 11.6. The summed E-state index contributed by atoms with van der Waals surface area (Å²) in [7, 11) is 0. The van der Waals surface area contributed by atoms with Crippen molar-refractivity contribution in [2.75, 3.05) is 18.4 Å². The maximum atomic E-state index is 13.1. The number of hydrogen-bond acceptors (Lipinski definition) is 5. The number of nitrogens with zero attached hydrogens (tertiary/aromatic N) is 2. The van der Waals surface area contributed by atoms with E-state index in [2.05, 4.69) is 24.1 Å². The minimum absolute atomic E-state index is 0.0192. The molecular formula is C27H31N3O3S. The van der Waals surface area contributed by atoms with E-state index in [1.807, 2.05) is 36.3 Å². The molecule has 1 aliphatic heterocycles. The first-order valence-corrected chi connectivity index (χ1v) is 12.5. The summed E-state index contributed by atoms with van der Waals surface area (Å²) in [5.74, 6) is 1.46. The normalized spacial score (nSPS) is 17.9. The van der Waals surface area contributed by atoms with Gasteiger partial charge in [0.05, 0.1) is 10.7 Å². The Hall–Kier alpha value is -3.19. The van der Waals surface area contributed by atoms with Crippen LogP contribution in [0.4, 0.5) is 5.69 Å².